The second-order valence-electron chi connectivity index (χ2n) is 4.66. The lowest BCUT2D eigenvalue weighted by molar-refractivity contribution is 0.110. The molecule has 0 aliphatic carbocycles. The molecule has 2 aromatic carbocycles. The van der Waals surface area contributed by atoms with E-state index in [0.717, 1.165) is 0 Å². The third-order valence-corrected chi connectivity index (χ3v) is 3.15. The van der Waals surface area contributed by atoms with Crippen molar-refractivity contribution in [3.8, 4) is 5.75 Å². The second kappa shape index (κ2) is 9.02. The summed E-state index contributed by atoms with van der Waals surface area (Å²) < 4.78 is 10.8. The molecule has 0 saturated carbocycles. The van der Waals surface area contributed by atoms with Gasteiger partial charge in [-0.15, -0.1) is 0 Å². The minimum atomic E-state index is -0.334. The molecule has 5 nitrogen and oxygen atoms in total. The van der Waals surface area contributed by atoms with Gasteiger partial charge < -0.3 is 20.1 Å². The number of hydrogen-bond acceptors (Lipinski definition) is 3. The molecule has 0 heterocycles. The first kappa shape index (κ1) is 17.1. The molecule has 0 saturated heterocycles. The Morgan fingerprint density at radius 3 is 2.52 bits per heavy atom. The quantitative estimate of drug-likeness (QED) is 0.738. The Morgan fingerprint density at radius 1 is 1.04 bits per heavy atom. The summed E-state index contributed by atoms with van der Waals surface area (Å²) in [6, 6.07) is 13.7. The molecule has 0 atom stereocenters. The Balaban J connectivity index is 1.86. The molecule has 0 aliphatic rings. The summed E-state index contributed by atoms with van der Waals surface area (Å²) in [5.74, 6) is 0.675. The van der Waals surface area contributed by atoms with Crippen LogP contribution in [0, 0.1) is 0 Å². The van der Waals surface area contributed by atoms with Crippen LogP contribution in [0.4, 0.5) is 16.2 Å². The number of nitrogens with one attached hydrogen (secondary N) is 2. The maximum Gasteiger partial charge on any atom is 0.323 e. The molecule has 0 aliphatic heterocycles. The molecule has 0 aromatic heterocycles. The van der Waals surface area contributed by atoms with Crippen LogP contribution in [0.3, 0.4) is 0 Å². The fraction of sp³-hybridized carbons (Fsp3) is 0.235. The highest BCUT2D eigenvalue weighted by Crippen LogP contribution is 2.18. The van der Waals surface area contributed by atoms with Gasteiger partial charge in [0.1, 0.15) is 12.4 Å². The lowest BCUT2D eigenvalue weighted by Crippen LogP contribution is -2.19. The Kier molecular flexibility index (Phi) is 6.72. The number of halogens is 1. The smallest absolute Gasteiger partial charge is 0.323 e. The van der Waals surface area contributed by atoms with E-state index in [1.807, 2.05) is 19.1 Å². The summed E-state index contributed by atoms with van der Waals surface area (Å²) in [5.41, 5.74) is 1.31. The van der Waals surface area contributed by atoms with Crippen LogP contribution >= 0.6 is 11.6 Å². The molecular weight excluding hydrogens is 316 g/mol. The molecule has 2 amide bonds. The third-order valence-electron chi connectivity index (χ3n) is 2.89. The van der Waals surface area contributed by atoms with Crippen molar-refractivity contribution in [2.45, 2.75) is 6.92 Å². The van der Waals surface area contributed by atoms with Gasteiger partial charge in [0.2, 0.25) is 0 Å². The van der Waals surface area contributed by atoms with Crippen molar-refractivity contribution in [1.29, 1.82) is 0 Å². The summed E-state index contributed by atoms with van der Waals surface area (Å²) in [6.45, 7) is 3.60. The maximum atomic E-state index is 12.0. The molecule has 2 N–H and O–H groups in total. The largest absolute Gasteiger partial charge is 0.491 e. The second-order valence-corrected chi connectivity index (χ2v) is 5.10. The van der Waals surface area contributed by atoms with Crippen LogP contribution in [0.1, 0.15) is 6.92 Å². The van der Waals surface area contributed by atoms with Gasteiger partial charge in [0.15, 0.2) is 0 Å². The summed E-state index contributed by atoms with van der Waals surface area (Å²) in [5, 5.41) is 6.10. The summed E-state index contributed by atoms with van der Waals surface area (Å²) in [6.07, 6.45) is 0. The Hall–Kier alpha value is -2.24. The third kappa shape index (κ3) is 6.18. The fourth-order valence-electron chi connectivity index (χ4n) is 1.85. The summed E-state index contributed by atoms with van der Waals surface area (Å²) in [4.78, 5) is 12.0. The van der Waals surface area contributed by atoms with E-state index in [-0.39, 0.29) is 6.03 Å². The standard InChI is InChI=1S/C17H19ClN2O3/c1-2-22-10-11-23-16-5-3-4-15(12-16)20-17(21)19-14-8-6-13(18)7-9-14/h3-9,12H,2,10-11H2,1H3,(H2,19,20,21). The Bertz CT molecular complexity index is 632. The highest BCUT2D eigenvalue weighted by Gasteiger charge is 2.04. The van der Waals surface area contributed by atoms with Gasteiger partial charge in [0, 0.05) is 29.1 Å². The molecule has 0 unspecified atom stereocenters. The van der Waals surface area contributed by atoms with Gasteiger partial charge in [-0.1, -0.05) is 17.7 Å². The molecule has 2 rings (SSSR count). The zero-order valence-corrected chi connectivity index (χ0v) is 13.6. The van der Waals surface area contributed by atoms with Crippen LogP contribution in [0.2, 0.25) is 5.02 Å². The average molecular weight is 335 g/mol. The highest BCUT2D eigenvalue weighted by molar-refractivity contribution is 6.30. The summed E-state index contributed by atoms with van der Waals surface area (Å²) in [7, 11) is 0. The van der Waals surface area contributed by atoms with Gasteiger partial charge in [0.05, 0.1) is 6.61 Å². The van der Waals surface area contributed by atoms with E-state index in [1.165, 1.54) is 0 Å². The first-order valence-corrected chi connectivity index (χ1v) is 7.69. The molecule has 23 heavy (non-hydrogen) atoms. The Labute approximate surface area is 140 Å². The van der Waals surface area contributed by atoms with E-state index in [9.17, 15) is 4.79 Å². The van der Waals surface area contributed by atoms with Crippen LogP contribution in [-0.2, 0) is 4.74 Å². The van der Waals surface area contributed by atoms with Crippen LogP contribution in [0.15, 0.2) is 48.5 Å². The first-order valence-electron chi connectivity index (χ1n) is 7.31. The van der Waals surface area contributed by atoms with Gasteiger partial charge >= 0.3 is 6.03 Å². The summed E-state index contributed by atoms with van der Waals surface area (Å²) >= 11 is 5.81. The van der Waals surface area contributed by atoms with Crippen LogP contribution < -0.4 is 15.4 Å². The minimum Gasteiger partial charge on any atom is -0.491 e. The van der Waals surface area contributed by atoms with Crippen LogP contribution in [-0.4, -0.2) is 25.9 Å². The number of urea groups is 1. The molecule has 0 bridgehead atoms. The van der Waals surface area contributed by atoms with E-state index in [4.69, 9.17) is 21.1 Å². The predicted molar refractivity (Wildman–Crippen MR) is 92.5 cm³/mol. The van der Waals surface area contributed by atoms with Gasteiger partial charge in [-0.2, -0.15) is 0 Å². The van der Waals surface area contributed by atoms with Crippen molar-refractivity contribution in [2.24, 2.45) is 0 Å². The molecule has 122 valence electrons. The number of ether oxygens (including phenoxy) is 2. The van der Waals surface area contributed by atoms with Crippen molar-refractivity contribution in [2.75, 3.05) is 30.5 Å². The van der Waals surface area contributed by atoms with Crippen molar-refractivity contribution >= 4 is 29.0 Å². The molecule has 0 spiro atoms. The van der Waals surface area contributed by atoms with Gasteiger partial charge in [-0.3, -0.25) is 0 Å². The molecule has 6 heteroatoms. The van der Waals surface area contributed by atoms with E-state index < -0.39 is 0 Å². The highest BCUT2D eigenvalue weighted by atomic mass is 35.5. The average Bonchev–Trinajstić information content (AvgIpc) is 2.54. The van der Waals surface area contributed by atoms with E-state index in [2.05, 4.69) is 10.6 Å². The molecule has 2 aromatic rings. The van der Waals surface area contributed by atoms with Crippen LogP contribution in [0.5, 0.6) is 5.75 Å². The van der Waals surface area contributed by atoms with Crippen molar-refractivity contribution in [3.05, 3.63) is 53.6 Å². The zero-order chi connectivity index (χ0) is 16.5. The number of carbonyl (C=O) groups is 1. The van der Waals surface area contributed by atoms with Crippen molar-refractivity contribution in [3.63, 3.8) is 0 Å². The van der Waals surface area contributed by atoms with Gasteiger partial charge in [-0.25, -0.2) is 4.79 Å². The molecule has 0 radical (unpaired) electrons. The number of hydrogen-bond donors (Lipinski definition) is 2. The number of carbonyl (C=O) groups excluding carboxylic acids is 1. The van der Waals surface area contributed by atoms with Crippen molar-refractivity contribution < 1.29 is 14.3 Å². The molecular formula is C17H19ClN2O3. The van der Waals surface area contributed by atoms with E-state index >= 15 is 0 Å². The Morgan fingerprint density at radius 2 is 1.78 bits per heavy atom. The minimum absolute atomic E-state index is 0.334. The monoisotopic (exact) mass is 334 g/mol. The lowest BCUT2D eigenvalue weighted by Gasteiger charge is -2.10. The fourth-order valence-corrected chi connectivity index (χ4v) is 1.98. The first-order chi connectivity index (χ1) is 11.2. The van der Waals surface area contributed by atoms with Crippen LogP contribution in [0.25, 0.3) is 0 Å². The number of benzene rings is 2. The van der Waals surface area contributed by atoms with E-state index in [0.29, 0.717) is 42.0 Å². The number of rotatable bonds is 7. The van der Waals surface area contributed by atoms with E-state index in [1.54, 1.807) is 36.4 Å². The zero-order valence-electron chi connectivity index (χ0n) is 12.8. The van der Waals surface area contributed by atoms with Crippen molar-refractivity contribution in [1.82, 2.24) is 0 Å². The lowest BCUT2D eigenvalue weighted by atomic mass is 10.3. The number of amides is 2. The predicted octanol–water partition coefficient (Wildman–Crippen LogP) is 4.40. The molecule has 0 fully saturated rings. The van der Waals surface area contributed by atoms with Gasteiger partial charge in [-0.05, 0) is 43.3 Å². The number of anilines is 2. The van der Waals surface area contributed by atoms with Gasteiger partial charge in [0.25, 0.3) is 0 Å². The maximum absolute atomic E-state index is 12.0. The SMILES string of the molecule is CCOCCOc1cccc(NC(=O)Nc2ccc(Cl)cc2)c1. The topological polar surface area (TPSA) is 59.6 Å². The normalized spacial score (nSPS) is 10.2.